The molecule has 1 aromatic heterocycles. The van der Waals surface area contributed by atoms with Crippen LogP contribution in [0.2, 0.25) is 0 Å². The summed E-state index contributed by atoms with van der Waals surface area (Å²) in [5.41, 5.74) is -0.468. The van der Waals surface area contributed by atoms with Gasteiger partial charge in [0.2, 0.25) is 11.8 Å². The highest BCUT2D eigenvalue weighted by Gasteiger charge is 2.56. The summed E-state index contributed by atoms with van der Waals surface area (Å²) in [7, 11) is 0. The van der Waals surface area contributed by atoms with Gasteiger partial charge in [0, 0.05) is 6.07 Å². The van der Waals surface area contributed by atoms with Gasteiger partial charge in [-0.3, -0.25) is 9.59 Å². The van der Waals surface area contributed by atoms with Crippen LogP contribution in [0, 0.1) is 46.3 Å². The molecule has 0 saturated heterocycles. The van der Waals surface area contributed by atoms with E-state index in [0.717, 1.165) is 38.5 Å². The van der Waals surface area contributed by atoms with Crippen molar-refractivity contribution in [2.75, 3.05) is 10.6 Å². The Labute approximate surface area is 188 Å². The molecule has 9 rings (SSSR count). The molecule has 2 N–H and O–H groups in total. The maximum Gasteiger partial charge on any atom is 0.231 e. The molecule has 8 aliphatic carbocycles. The molecule has 0 spiro atoms. The van der Waals surface area contributed by atoms with E-state index in [1.165, 1.54) is 38.5 Å². The molecule has 7 nitrogen and oxygen atoms in total. The molecule has 1 aromatic rings. The van der Waals surface area contributed by atoms with Gasteiger partial charge in [-0.25, -0.2) is 0 Å². The molecule has 2 amide bonds. The Bertz CT molecular complexity index is 831. The zero-order valence-electron chi connectivity index (χ0n) is 18.7. The fourth-order valence-electron chi connectivity index (χ4n) is 9.70. The lowest BCUT2D eigenvalue weighted by Crippen LogP contribution is -2.52. The lowest BCUT2D eigenvalue weighted by Gasteiger charge is -2.55. The van der Waals surface area contributed by atoms with E-state index in [0.29, 0.717) is 47.1 Å². The number of hydrogen-bond acceptors (Lipinski definition) is 5. The van der Waals surface area contributed by atoms with Crippen molar-refractivity contribution in [1.29, 1.82) is 0 Å². The Hall–Kier alpha value is -2.05. The average Bonchev–Trinajstić information content (AvgIpc) is 2.72. The number of carbonyl (C=O) groups excluding carboxylic acids is 2. The lowest BCUT2D eigenvalue weighted by molar-refractivity contribution is -0.140. The second-order valence-corrected chi connectivity index (χ2v) is 12.5. The maximum absolute atomic E-state index is 13.3. The van der Waals surface area contributed by atoms with E-state index in [1.54, 1.807) is 6.07 Å². The summed E-state index contributed by atoms with van der Waals surface area (Å²) in [6, 6.07) is 1.68. The van der Waals surface area contributed by atoms with Gasteiger partial charge in [-0.05, 0) is 118 Å². The number of hydrogen-bond donors (Lipinski definition) is 2. The van der Waals surface area contributed by atoms with Crippen LogP contribution in [0.25, 0.3) is 0 Å². The summed E-state index contributed by atoms with van der Waals surface area (Å²) in [4.78, 5) is 26.7. The summed E-state index contributed by atoms with van der Waals surface area (Å²) < 4.78 is 0. The van der Waals surface area contributed by atoms with Crippen molar-refractivity contribution in [1.82, 2.24) is 15.4 Å². The molecule has 1 heterocycles. The Balaban J connectivity index is 1.06. The summed E-state index contributed by atoms with van der Waals surface area (Å²) in [6.07, 6.45) is 13.9. The highest BCUT2D eigenvalue weighted by atomic mass is 16.2. The average molecular weight is 436 g/mol. The summed E-state index contributed by atoms with van der Waals surface area (Å²) in [6.45, 7) is 0. The van der Waals surface area contributed by atoms with E-state index in [4.69, 9.17) is 0 Å². The predicted octanol–water partition coefficient (Wildman–Crippen LogP) is 4.18. The van der Waals surface area contributed by atoms with Crippen LogP contribution in [0.1, 0.15) is 77.0 Å². The van der Waals surface area contributed by atoms with Gasteiger partial charge in [0.25, 0.3) is 0 Å². The van der Waals surface area contributed by atoms with Crippen LogP contribution in [-0.2, 0) is 9.59 Å². The number of nitrogens with one attached hydrogen (secondary N) is 2. The monoisotopic (exact) mass is 435 g/mol. The first-order chi connectivity index (χ1) is 15.5. The van der Waals surface area contributed by atoms with Gasteiger partial charge in [0.05, 0.1) is 10.8 Å². The van der Waals surface area contributed by atoms with Crippen LogP contribution in [0.3, 0.4) is 0 Å². The fraction of sp³-hybridized carbons (Fsp3) is 0.800. The van der Waals surface area contributed by atoms with E-state index >= 15 is 0 Å². The SMILES string of the molecule is O=C(Nc1cc(NC(=O)C23CC4CC(CC(C4)C2)C3)nnn1)C12CC3CC(CC(C3)C1)C2. The number of aromatic nitrogens is 3. The van der Waals surface area contributed by atoms with Crippen molar-refractivity contribution in [3.8, 4) is 0 Å². The number of carbonyl (C=O) groups is 2. The fourth-order valence-corrected chi connectivity index (χ4v) is 9.70. The number of nitrogens with zero attached hydrogens (tertiary/aromatic N) is 3. The summed E-state index contributed by atoms with van der Waals surface area (Å²) >= 11 is 0. The van der Waals surface area contributed by atoms with Gasteiger partial charge in [-0.15, -0.1) is 10.2 Å². The van der Waals surface area contributed by atoms with Crippen LogP contribution >= 0.6 is 0 Å². The largest absolute Gasteiger partial charge is 0.309 e. The number of amides is 2. The Morgan fingerprint density at radius 1 is 0.625 bits per heavy atom. The van der Waals surface area contributed by atoms with Gasteiger partial charge in [0.15, 0.2) is 11.6 Å². The molecular weight excluding hydrogens is 402 g/mol. The lowest BCUT2D eigenvalue weighted by atomic mass is 9.49. The Morgan fingerprint density at radius 2 is 0.938 bits per heavy atom. The first kappa shape index (κ1) is 19.4. The third-order valence-electron chi connectivity index (χ3n) is 10.1. The molecule has 0 atom stereocenters. The molecule has 32 heavy (non-hydrogen) atoms. The molecule has 0 aromatic carbocycles. The summed E-state index contributed by atoms with van der Waals surface area (Å²) in [5.74, 6) is 5.28. The van der Waals surface area contributed by atoms with Gasteiger partial charge < -0.3 is 10.6 Å². The first-order valence-electron chi connectivity index (χ1n) is 12.8. The van der Waals surface area contributed by atoms with E-state index in [2.05, 4.69) is 26.0 Å². The highest BCUT2D eigenvalue weighted by molar-refractivity contribution is 5.97. The van der Waals surface area contributed by atoms with Crippen molar-refractivity contribution in [2.45, 2.75) is 77.0 Å². The minimum absolute atomic E-state index is 0.0930. The molecule has 0 radical (unpaired) electrons. The van der Waals surface area contributed by atoms with Crippen LogP contribution in [-0.4, -0.2) is 27.2 Å². The van der Waals surface area contributed by atoms with Crippen LogP contribution in [0.15, 0.2) is 6.07 Å². The zero-order chi connectivity index (χ0) is 21.5. The minimum Gasteiger partial charge on any atom is -0.309 e. The third-order valence-corrected chi connectivity index (χ3v) is 10.1. The van der Waals surface area contributed by atoms with Crippen molar-refractivity contribution in [3.63, 3.8) is 0 Å². The maximum atomic E-state index is 13.3. The zero-order valence-corrected chi connectivity index (χ0v) is 18.7. The van der Waals surface area contributed by atoms with E-state index in [9.17, 15) is 9.59 Å². The van der Waals surface area contributed by atoms with Crippen molar-refractivity contribution >= 4 is 23.5 Å². The van der Waals surface area contributed by atoms with Crippen molar-refractivity contribution < 1.29 is 9.59 Å². The van der Waals surface area contributed by atoms with E-state index < -0.39 is 0 Å². The molecule has 8 bridgehead atoms. The topological polar surface area (TPSA) is 96.9 Å². The summed E-state index contributed by atoms with van der Waals surface area (Å²) in [5, 5.41) is 18.1. The first-order valence-corrected chi connectivity index (χ1v) is 12.8. The van der Waals surface area contributed by atoms with Crippen molar-refractivity contribution in [3.05, 3.63) is 6.07 Å². The van der Waals surface area contributed by atoms with Gasteiger partial charge in [-0.1, -0.05) is 0 Å². The molecular formula is C25H33N5O2. The molecule has 8 fully saturated rings. The van der Waals surface area contributed by atoms with Crippen LogP contribution in [0.4, 0.5) is 11.6 Å². The third kappa shape index (κ3) is 3.02. The van der Waals surface area contributed by atoms with Gasteiger partial charge >= 0.3 is 0 Å². The molecule has 8 aliphatic rings. The highest BCUT2D eigenvalue weighted by Crippen LogP contribution is 2.61. The second-order valence-electron chi connectivity index (χ2n) is 12.5. The number of anilines is 2. The molecule has 0 aliphatic heterocycles. The predicted molar refractivity (Wildman–Crippen MR) is 118 cm³/mol. The second kappa shape index (κ2) is 6.73. The Morgan fingerprint density at radius 3 is 1.25 bits per heavy atom. The quantitative estimate of drug-likeness (QED) is 0.739. The van der Waals surface area contributed by atoms with Crippen molar-refractivity contribution in [2.24, 2.45) is 46.3 Å². The number of rotatable bonds is 4. The molecule has 8 saturated carbocycles. The van der Waals surface area contributed by atoms with Crippen LogP contribution in [0.5, 0.6) is 0 Å². The standard InChI is InChI=1S/C25H33N5O2/c31-22(24-8-14-1-15(9-24)3-16(2-14)10-24)26-20-7-21(29-30-28-20)27-23(32)25-11-17-4-18(12-25)6-19(5-17)13-25/h7,14-19H,1-6,8-13H2,(H2,26,27,28,29,31,32). The normalized spacial score (nSPS) is 45.1. The minimum atomic E-state index is -0.234. The smallest absolute Gasteiger partial charge is 0.231 e. The van der Waals surface area contributed by atoms with Gasteiger partial charge in [0.1, 0.15) is 0 Å². The molecule has 170 valence electrons. The van der Waals surface area contributed by atoms with Gasteiger partial charge in [-0.2, -0.15) is 0 Å². The molecule has 7 heteroatoms. The van der Waals surface area contributed by atoms with Crippen LogP contribution < -0.4 is 10.6 Å². The Kier molecular flexibility index (Phi) is 4.09. The van der Waals surface area contributed by atoms with E-state index in [1.807, 2.05) is 0 Å². The molecule has 0 unspecified atom stereocenters. The van der Waals surface area contributed by atoms with E-state index in [-0.39, 0.29) is 22.6 Å².